The number of Topliss-reactive ketones (excluding diaryl/α,β-unsaturated/α-hetero) is 1. The third-order valence-electron chi connectivity index (χ3n) is 7.22. The van der Waals surface area contributed by atoms with Crippen LogP contribution >= 0.6 is 0 Å². The molecule has 1 aliphatic heterocycles. The van der Waals surface area contributed by atoms with Crippen LogP contribution in [0.3, 0.4) is 0 Å². The average molecular weight is 399 g/mol. The van der Waals surface area contributed by atoms with Crippen LogP contribution in [0.1, 0.15) is 16.8 Å². The van der Waals surface area contributed by atoms with Gasteiger partial charge in [0.05, 0.1) is 17.5 Å². The van der Waals surface area contributed by atoms with Gasteiger partial charge in [-0.15, -0.1) is 0 Å². The van der Waals surface area contributed by atoms with Gasteiger partial charge in [0.2, 0.25) is 11.8 Å². The van der Waals surface area contributed by atoms with E-state index in [0.717, 1.165) is 6.42 Å². The predicted octanol–water partition coefficient (Wildman–Crippen LogP) is 3.51. The summed E-state index contributed by atoms with van der Waals surface area (Å²) in [6.07, 6.45) is 5.46. The Morgan fingerprint density at radius 3 is 2.13 bits per heavy atom. The summed E-state index contributed by atoms with van der Waals surface area (Å²) in [5, 5.41) is 0. The number of hydrogen-bond acceptors (Lipinski definition) is 4. The molecule has 0 spiro atoms. The number of imide groups is 1. The predicted molar refractivity (Wildman–Crippen MR) is 110 cm³/mol. The lowest BCUT2D eigenvalue weighted by Crippen LogP contribution is -2.40. The number of ether oxygens (including phenoxy) is 1. The van der Waals surface area contributed by atoms with Crippen LogP contribution in [0.25, 0.3) is 0 Å². The van der Waals surface area contributed by atoms with Crippen LogP contribution < -0.4 is 9.64 Å². The van der Waals surface area contributed by atoms with Crippen LogP contribution in [0.2, 0.25) is 0 Å². The fourth-order valence-corrected chi connectivity index (χ4v) is 5.81. The van der Waals surface area contributed by atoms with Crippen molar-refractivity contribution in [3.63, 3.8) is 0 Å². The lowest BCUT2D eigenvalue weighted by Gasteiger charge is -2.37. The number of hydrogen-bond donors (Lipinski definition) is 0. The fourth-order valence-electron chi connectivity index (χ4n) is 5.81. The topological polar surface area (TPSA) is 63.7 Å². The SMILES string of the molecule is O=C(COc1ccccc1N1C(=O)[C@@H]2[C@H]3C=C[C@@H]([C@@H]4C[C@@H]34)[C@@H]2C1=O)c1ccccc1. The maximum Gasteiger partial charge on any atom is 0.238 e. The second kappa shape index (κ2) is 6.39. The minimum absolute atomic E-state index is 0.125. The molecular weight excluding hydrogens is 378 g/mol. The minimum Gasteiger partial charge on any atom is -0.483 e. The first-order valence-corrected chi connectivity index (χ1v) is 10.5. The maximum atomic E-state index is 13.4. The van der Waals surface area contributed by atoms with Crippen molar-refractivity contribution in [2.75, 3.05) is 11.5 Å². The number of allylic oxidation sites excluding steroid dienone is 2. The Kier molecular flexibility index (Phi) is 3.76. The zero-order valence-corrected chi connectivity index (χ0v) is 16.3. The highest BCUT2D eigenvalue weighted by molar-refractivity contribution is 6.23. The van der Waals surface area contributed by atoms with E-state index in [9.17, 15) is 14.4 Å². The molecule has 0 unspecified atom stereocenters. The average Bonchev–Trinajstić information content (AvgIpc) is 3.56. The highest BCUT2D eigenvalue weighted by Crippen LogP contribution is 2.65. The summed E-state index contributed by atoms with van der Waals surface area (Å²) in [4.78, 5) is 40.5. The van der Waals surface area contributed by atoms with Gasteiger partial charge in [-0.3, -0.25) is 14.4 Å². The molecule has 1 heterocycles. The van der Waals surface area contributed by atoms with Gasteiger partial charge in [0.25, 0.3) is 0 Å². The molecule has 30 heavy (non-hydrogen) atoms. The molecule has 0 radical (unpaired) electrons. The first-order valence-electron chi connectivity index (χ1n) is 10.5. The van der Waals surface area contributed by atoms with Crippen LogP contribution in [0, 0.1) is 35.5 Å². The Morgan fingerprint density at radius 2 is 1.47 bits per heavy atom. The Morgan fingerprint density at radius 1 is 0.867 bits per heavy atom. The number of amides is 2. The zero-order valence-electron chi connectivity index (χ0n) is 16.3. The van der Waals surface area contributed by atoms with Gasteiger partial charge in [-0.05, 0) is 42.2 Å². The zero-order chi connectivity index (χ0) is 20.4. The molecule has 1 saturated heterocycles. The summed E-state index contributed by atoms with van der Waals surface area (Å²) in [6, 6.07) is 15.9. The van der Waals surface area contributed by atoms with E-state index in [1.54, 1.807) is 48.5 Å². The van der Waals surface area contributed by atoms with Gasteiger partial charge in [0.1, 0.15) is 5.75 Å². The summed E-state index contributed by atoms with van der Waals surface area (Å²) in [5.74, 6) is 0.957. The van der Waals surface area contributed by atoms with Crippen molar-refractivity contribution < 1.29 is 19.1 Å². The molecule has 0 N–H and O–H groups in total. The molecule has 2 amide bonds. The summed E-state index contributed by atoms with van der Waals surface area (Å²) in [5.41, 5.74) is 1.01. The van der Waals surface area contributed by atoms with Crippen molar-refractivity contribution in [2.45, 2.75) is 6.42 Å². The molecule has 7 rings (SSSR count). The van der Waals surface area contributed by atoms with Crippen LogP contribution in [0.4, 0.5) is 5.69 Å². The van der Waals surface area contributed by atoms with Crippen molar-refractivity contribution in [1.82, 2.24) is 0 Å². The van der Waals surface area contributed by atoms with Crippen molar-refractivity contribution in [1.29, 1.82) is 0 Å². The van der Waals surface area contributed by atoms with Gasteiger partial charge in [-0.25, -0.2) is 4.90 Å². The molecule has 2 saturated carbocycles. The smallest absolute Gasteiger partial charge is 0.238 e. The largest absolute Gasteiger partial charge is 0.483 e. The summed E-state index contributed by atoms with van der Waals surface area (Å²) in [6.45, 7) is -0.152. The van der Waals surface area contributed by atoms with Crippen LogP contribution in [0.5, 0.6) is 5.75 Å². The van der Waals surface area contributed by atoms with Gasteiger partial charge in [0, 0.05) is 5.56 Å². The van der Waals surface area contributed by atoms with Crippen molar-refractivity contribution in [2.24, 2.45) is 35.5 Å². The fraction of sp³-hybridized carbons (Fsp3) is 0.320. The van der Waals surface area contributed by atoms with Crippen molar-refractivity contribution >= 4 is 23.3 Å². The highest BCUT2D eigenvalue weighted by atomic mass is 16.5. The van der Waals surface area contributed by atoms with Gasteiger partial charge in [-0.2, -0.15) is 0 Å². The molecule has 5 aliphatic rings. The Bertz CT molecular complexity index is 1060. The van der Waals surface area contributed by atoms with Crippen LogP contribution in [0.15, 0.2) is 66.7 Å². The monoisotopic (exact) mass is 399 g/mol. The number of carbonyl (C=O) groups is 3. The summed E-state index contributed by atoms with van der Waals surface area (Å²) in [7, 11) is 0. The van der Waals surface area contributed by atoms with E-state index in [-0.39, 0.29) is 47.9 Å². The highest BCUT2D eigenvalue weighted by Gasteiger charge is 2.67. The van der Waals surface area contributed by atoms with Crippen LogP contribution in [-0.4, -0.2) is 24.2 Å². The molecule has 3 fully saturated rings. The molecule has 150 valence electrons. The van der Waals surface area contributed by atoms with E-state index >= 15 is 0 Å². The van der Waals surface area contributed by atoms with Crippen molar-refractivity contribution in [3.05, 3.63) is 72.3 Å². The van der Waals surface area contributed by atoms with E-state index in [0.29, 0.717) is 28.8 Å². The second-order valence-electron chi connectivity index (χ2n) is 8.71. The quantitative estimate of drug-likeness (QED) is 0.439. The maximum absolute atomic E-state index is 13.4. The van der Waals surface area contributed by atoms with Gasteiger partial charge >= 0.3 is 0 Å². The first kappa shape index (κ1) is 17.6. The molecule has 5 heteroatoms. The number of anilines is 1. The lowest BCUT2D eigenvalue weighted by molar-refractivity contribution is -0.124. The normalized spacial score (nSPS) is 32.7. The number of para-hydroxylation sites is 2. The van der Waals surface area contributed by atoms with E-state index < -0.39 is 0 Å². The van der Waals surface area contributed by atoms with E-state index in [4.69, 9.17) is 4.74 Å². The lowest BCUT2D eigenvalue weighted by atomic mass is 9.63. The number of benzene rings is 2. The van der Waals surface area contributed by atoms with Crippen molar-refractivity contribution in [3.8, 4) is 5.75 Å². The second-order valence-corrected chi connectivity index (χ2v) is 8.71. The summed E-state index contributed by atoms with van der Waals surface area (Å²) < 4.78 is 5.80. The third-order valence-corrected chi connectivity index (χ3v) is 7.22. The third kappa shape index (κ3) is 2.44. The van der Waals surface area contributed by atoms with Gasteiger partial charge in [-0.1, -0.05) is 54.6 Å². The molecule has 4 aliphatic carbocycles. The first-order chi connectivity index (χ1) is 14.6. The van der Waals surface area contributed by atoms with E-state index in [2.05, 4.69) is 12.2 Å². The molecule has 2 bridgehead atoms. The molecule has 6 atom stereocenters. The van der Waals surface area contributed by atoms with E-state index in [1.807, 2.05) is 6.07 Å². The van der Waals surface area contributed by atoms with E-state index in [1.165, 1.54) is 4.90 Å². The number of nitrogens with zero attached hydrogens (tertiary/aromatic N) is 1. The van der Waals surface area contributed by atoms with Gasteiger partial charge in [0.15, 0.2) is 12.4 Å². The Labute approximate surface area is 174 Å². The molecule has 2 aromatic rings. The molecule has 5 nitrogen and oxygen atoms in total. The number of rotatable bonds is 5. The Hall–Kier alpha value is -3.21. The van der Waals surface area contributed by atoms with Gasteiger partial charge < -0.3 is 4.74 Å². The number of ketones is 1. The molecular formula is C25H21NO4. The molecule has 0 aromatic heterocycles. The summed E-state index contributed by atoms with van der Waals surface area (Å²) >= 11 is 0. The number of carbonyl (C=O) groups excluding carboxylic acids is 3. The van der Waals surface area contributed by atoms with Crippen LogP contribution in [-0.2, 0) is 9.59 Å². The standard InChI is InChI=1S/C25H21NO4/c27-20(14-6-2-1-3-7-14)13-30-21-9-5-4-8-19(21)26-24(28)22-15-10-11-16(18-12-17(15)18)23(22)25(26)29/h1-11,15-18,22-23H,12-13H2/t15-,16-,17-,18-,22-,23+/m0/s1. The minimum atomic E-state index is -0.254. The molecule has 2 aromatic carbocycles. The Balaban J connectivity index is 1.28.